The number of imidazole rings is 1. The van der Waals surface area contributed by atoms with Crippen molar-refractivity contribution >= 4 is 35.3 Å². The number of benzene rings is 2. The second-order valence-corrected chi connectivity index (χ2v) is 6.36. The van der Waals surface area contributed by atoms with Gasteiger partial charge < -0.3 is 14.8 Å². The van der Waals surface area contributed by atoms with Crippen LogP contribution in [0.3, 0.4) is 0 Å². The number of para-hydroxylation sites is 1. The van der Waals surface area contributed by atoms with Crippen LogP contribution in [0.1, 0.15) is 18.2 Å². The van der Waals surface area contributed by atoms with Gasteiger partial charge in [-0.1, -0.05) is 18.2 Å². The number of nitrogens with one attached hydrogen (secondary N) is 1. The Morgan fingerprint density at radius 2 is 1.88 bits per heavy atom. The van der Waals surface area contributed by atoms with Gasteiger partial charge in [0.1, 0.15) is 11.4 Å². The van der Waals surface area contributed by atoms with Gasteiger partial charge in [-0.2, -0.15) is 0 Å². The van der Waals surface area contributed by atoms with Crippen LogP contribution in [0, 0.1) is 4.77 Å². The van der Waals surface area contributed by atoms with E-state index in [0.29, 0.717) is 10.5 Å². The number of rotatable bonds is 3. The molecule has 0 unspecified atom stereocenters. The average molecular weight is 363 g/mol. The Bertz CT molecular complexity index is 1100. The normalized spacial score (nSPS) is 14.4. The summed E-state index contributed by atoms with van der Waals surface area (Å²) in [7, 11) is 1.61. The highest BCUT2D eigenvalue weighted by atomic mass is 32.1. The molecule has 0 saturated carbocycles. The monoisotopic (exact) mass is 363 g/mol. The van der Waals surface area contributed by atoms with E-state index < -0.39 is 0 Å². The number of methoxy groups -OCH3 is 1. The Balaban J connectivity index is 1.80. The molecule has 130 valence electrons. The molecule has 5 nitrogen and oxygen atoms in total. The molecule has 4 rings (SSSR count). The summed E-state index contributed by atoms with van der Waals surface area (Å²) in [4.78, 5) is 7.66. The van der Waals surface area contributed by atoms with Crippen molar-refractivity contribution in [3.8, 4) is 17.3 Å². The number of aliphatic imine (C=N–C) groups is 1. The quantitative estimate of drug-likeness (QED) is 0.651. The zero-order valence-corrected chi connectivity index (χ0v) is 15.2. The third-order valence-electron chi connectivity index (χ3n) is 4.39. The van der Waals surface area contributed by atoms with Crippen molar-refractivity contribution in [2.45, 2.75) is 6.92 Å². The number of hydrogen-bond donors (Lipinski definition) is 2. The second-order valence-electron chi connectivity index (χ2n) is 5.97. The summed E-state index contributed by atoms with van der Waals surface area (Å²) >= 11 is 5.41. The van der Waals surface area contributed by atoms with E-state index in [2.05, 4.69) is 9.98 Å². The lowest BCUT2D eigenvalue weighted by Gasteiger charge is -2.06. The molecule has 1 aliphatic rings. The van der Waals surface area contributed by atoms with E-state index >= 15 is 0 Å². The van der Waals surface area contributed by atoms with Crippen LogP contribution in [-0.2, 0) is 0 Å². The highest BCUT2D eigenvalue weighted by molar-refractivity contribution is 7.71. The predicted octanol–water partition coefficient (Wildman–Crippen LogP) is 4.90. The van der Waals surface area contributed by atoms with Crippen molar-refractivity contribution in [2.24, 2.45) is 4.99 Å². The van der Waals surface area contributed by atoms with Crippen molar-refractivity contribution in [3.05, 3.63) is 64.6 Å². The fourth-order valence-corrected chi connectivity index (χ4v) is 3.38. The molecule has 0 spiro atoms. The van der Waals surface area contributed by atoms with Gasteiger partial charge in [0.2, 0.25) is 5.88 Å². The second kappa shape index (κ2) is 6.31. The van der Waals surface area contributed by atoms with Gasteiger partial charge >= 0.3 is 0 Å². The topological polar surface area (TPSA) is 62.5 Å². The lowest BCUT2D eigenvalue weighted by atomic mass is 10.0. The highest BCUT2D eigenvalue weighted by Crippen LogP contribution is 2.36. The first kappa shape index (κ1) is 16.4. The maximum atomic E-state index is 10.7. The number of aromatic amines is 1. The number of allylic oxidation sites excluding steroid dienone is 1. The maximum Gasteiger partial charge on any atom is 0.222 e. The maximum absolute atomic E-state index is 10.7. The molecule has 0 fully saturated rings. The smallest absolute Gasteiger partial charge is 0.222 e. The Hall–Kier alpha value is -3.12. The van der Waals surface area contributed by atoms with Crippen LogP contribution in [0.25, 0.3) is 17.3 Å². The van der Waals surface area contributed by atoms with Crippen LogP contribution in [0.15, 0.2) is 53.5 Å². The summed E-state index contributed by atoms with van der Waals surface area (Å²) in [5.41, 5.74) is 5.15. The Morgan fingerprint density at radius 1 is 1.15 bits per heavy atom. The van der Waals surface area contributed by atoms with Gasteiger partial charge in [0.25, 0.3) is 0 Å². The number of aromatic nitrogens is 2. The number of nitrogens with zero attached hydrogens (tertiary/aromatic N) is 2. The average Bonchev–Trinajstić information content (AvgIpc) is 3.11. The molecule has 1 aromatic heterocycles. The molecule has 2 N–H and O–H groups in total. The van der Waals surface area contributed by atoms with Crippen LogP contribution in [0.5, 0.6) is 11.6 Å². The fraction of sp³-hybridized carbons (Fsp3) is 0.100. The van der Waals surface area contributed by atoms with E-state index in [-0.39, 0.29) is 5.88 Å². The standard InChI is InChI=1S/C20H17N3O2S/c1-12-16(15-5-3-4-6-17(15)21-12)11-18-19(24)23(20(26)22-18)13-7-9-14(25-2)10-8-13/h3-11,24H,1-2H3,(H,22,26)/b16-11-. The van der Waals surface area contributed by atoms with E-state index in [4.69, 9.17) is 17.0 Å². The fourth-order valence-electron chi connectivity index (χ4n) is 3.08. The Kier molecular flexibility index (Phi) is 3.97. The molecule has 0 aliphatic carbocycles. The minimum atomic E-state index is 0.0600. The first-order valence-electron chi connectivity index (χ1n) is 8.13. The Labute approximate surface area is 155 Å². The van der Waals surface area contributed by atoms with Gasteiger partial charge in [0.15, 0.2) is 4.77 Å². The van der Waals surface area contributed by atoms with E-state index in [1.165, 1.54) is 0 Å². The van der Waals surface area contributed by atoms with Crippen molar-refractivity contribution in [1.29, 1.82) is 0 Å². The summed E-state index contributed by atoms with van der Waals surface area (Å²) in [6.07, 6.45) is 1.88. The summed E-state index contributed by atoms with van der Waals surface area (Å²) in [5.74, 6) is 0.803. The van der Waals surface area contributed by atoms with E-state index in [1.807, 2.05) is 61.5 Å². The molecule has 6 heteroatoms. The molecule has 0 bridgehead atoms. The molecular weight excluding hydrogens is 346 g/mol. The zero-order chi connectivity index (χ0) is 18.3. The number of aromatic hydroxyl groups is 1. The lowest BCUT2D eigenvalue weighted by molar-refractivity contribution is 0.414. The van der Waals surface area contributed by atoms with Gasteiger partial charge in [0.05, 0.1) is 18.5 Å². The number of ether oxygens (including phenoxy) is 1. The van der Waals surface area contributed by atoms with Gasteiger partial charge in [-0.15, -0.1) is 0 Å². The molecule has 0 radical (unpaired) electrons. The van der Waals surface area contributed by atoms with Gasteiger partial charge in [0, 0.05) is 16.8 Å². The van der Waals surface area contributed by atoms with E-state index in [0.717, 1.165) is 34.0 Å². The molecule has 0 atom stereocenters. The van der Waals surface area contributed by atoms with Crippen LogP contribution in [0.4, 0.5) is 5.69 Å². The number of hydrogen-bond acceptors (Lipinski definition) is 4. The van der Waals surface area contributed by atoms with Gasteiger partial charge in [-0.25, -0.2) is 0 Å². The van der Waals surface area contributed by atoms with Crippen molar-refractivity contribution in [1.82, 2.24) is 9.55 Å². The van der Waals surface area contributed by atoms with Crippen molar-refractivity contribution in [3.63, 3.8) is 0 Å². The van der Waals surface area contributed by atoms with Crippen LogP contribution >= 0.6 is 12.2 Å². The summed E-state index contributed by atoms with van der Waals surface area (Å²) in [6, 6.07) is 15.3. The molecule has 0 saturated heterocycles. The van der Waals surface area contributed by atoms with Crippen LogP contribution in [0.2, 0.25) is 0 Å². The SMILES string of the molecule is COc1ccc(-n2c(O)c(/C=C3/C(C)=Nc4ccccc43)[nH]c2=S)cc1. The summed E-state index contributed by atoms with van der Waals surface area (Å²) < 4.78 is 7.18. The molecule has 2 aromatic carbocycles. The third-order valence-corrected chi connectivity index (χ3v) is 4.67. The molecule has 3 aromatic rings. The first-order chi connectivity index (χ1) is 12.6. The predicted molar refractivity (Wildman–Crippen MR) is 106 cm³/mol. The molecule has 0 amide bonds. The first-order valence-corrected chi connectivity index (χ1v) is 8.54. The van der Waals surface area contributed by atoms with E-state index in [1.54, 1.807) is 11.7 Å². The zero-order valence-electron chi connectivity index (χ0n) is 14.4. The summed E-state index contributed by atoms with van der Waals surface area (Å²) in [5, 5.41) is 10.7. The third kappa shape index (κ3) is 2.64. The van der Waals surface area contributed by atoms with Crippen LogP contribution in [-0.4, -0.2) is 27.5 Å². The largest absolute Gasteiger partial charge is 0.497 e. The number of H-pyrrole nitrogens is 1. The lowest BCUT2D eigenvalue weighted by Crippen LogP contribution is -1.94. The molecule has 2 heterocycles. The van der Waals surface area contributed by atoms with E-state index in [9.17, 15) is 5.11 Å². The van der Waals surface area contributed by atoms with Gasteiger partial charge in [-0.05, 0) is 55.5 Å². The van der Waals surface area contributed by atoms with Gasteiger partial charge in [-0.3, -0.25) is 9.56 Å². The number of fused-ring (bicyclic) bond motifs is 1. The van der Waals surface area contributed by atoms with Crippen LogP contribution < -0.4 is 4.74 Å². The molecule has 1 aliphatic heterocycles. The minimum absolute atomic E-state index is 0.0600. The summed E-state index contributed by atoms with van der Waals surface area (Å²) in [6.45, 7) is 1.96. The Morgan fingerprint density at radius 3 is 2.62 bits per heavy atom. The van der Waals surface area contributed by atoms with Crippen molar-refractivity contribution in [2.75, 3.05) is 7.11 Å². The molecule has 26 heavy (non-hydrogen) atoms. The highest BCUT2D eigenvalue weighted by Gasteiger charge is 2.19. The van der Waals surface area contributed by atoms with Crippen molar-refractivity contribution < 1.29 is 9.84 Å². The molecular formula is C20H17N3O2S. The minimum Gasteiger partial charge on any atom is -0.497 e.